The Kier molecular flexibility index (Phi) is 11.5. The van der Waals surface area contributed by atoms with E-state index in [9.17, 15) is 18.8 Å². The summed E-state index contributed by atoms with van der Waals surface area (Å²) in [5.74, 6) is -1.62. The fourth-order valence-corrected chi connectivity index (χ4v) is 2.03. The van der Waals surface area contributed by atoms with E-state index in [0.29, 0.717) is 6.41 Å². The smallest absolute Gasteiger partial charge is 0.254 e. The Morgan fingerprint density at radius 2 is 2.00 bits per heavy atom. The Bertz CT molecular complexity index is 754. The van der Waals surface area contributed by atoms with E-state index >= 15 is 0 Å². The monoisotopic (exact) mass is 405 g/mol. The average molecular weight is 405 g/mol. The zero-order chi connectivity index (χ0) is 22.4. The number of hydrogen-bond donors (Lipinski definition) is 4. The molecule has 0 aliphatic heterocycles. The van der Waals surface area contributed by atoms with Gasteiger partial charge in [-0.2, -0.15) is 0 Å². The molecule has 9 heteroatoms. The summed E-state index contributed by atoms with van der Waals surface area (Å²) in [4.78, 5) is 34.4. The molecular weight excluding hydrogens is 377 g/mol. The predicted molar refractivity (Wildman–Crippen MR) is 114 cm³/mol. The molecule has 0 bridgehead atoms. The quantitative estimate of drug-likeness (QED) is 0.271. The van der Waals surface area contributed by atoms with E-state index in [2.05, 4.69) is 29.1 Å². The SMILES string of the molecule is C=CC(=O)N(C=C)c1ccc(NC(=O)[C@](C)(CC=N)NC)c(F)c1.CCNC=O. The Morgan fingerprint density at radius 1 is 1.34 bits per heavy atom. The molecule has 29 heavy (non-hydrogen) atoms. The molecule has 0 aromatic heterocycles. The lowest BCUT2D eigenvalue weighted by Crippen LogP contribution is -2.51. The van der Waals surface area contributed by atoms with Gasteiger partial charge in [0.05, 0.1) is 11.4 Å². The number of carbonyl (C=O) groups is 3. The number of rotatable bonds is 10. The van der Waals surface area contributed by atoms with Gasteiger partial charge in [0.2, 0.25) is 12.3 Å². The van der Waals surface area contributed by atoms with Crippen LogP contribution in [0.15, 0.2) is 43.6 Å². The average Bonchev–Trinajstić information content (AvgIpc) is 2.71. The number of likely N-dealkylation sites (N-methyl/N-ethyl adjacent to an activating group) is 1. The van der Waals surface area contributed by atoms with Gasteiger partial charge < -0.3 is 21.4 Å². The van der Waals surface area contributed by atoms with Crippen molar-refractivity contribution >= 4 is 35.8 Å². The van der Waals surface area contributed by atoms with Crippen molar-refractivity contribution < 1.29 is 18.8 Å². The molecule has 0 saturated heterocycles. The molecule has 0 aliphatic rings. The number of benzene rings is 1. The number of hydrogen-bond acceptors (Lipinski definition) is 5. The third kappa shape index (κ3) is 7.67. The van der Waals surface area contributed by atoms with Crippen molar-refractivity contribution in [3.63, 3.8) is 0 Å². The minimum Gasteiger partial charge on any atom is -0.359 e. The molecule has 0 unspecified atom stereocenters. The van der Waals surface area contributed by atoms with E-state index in [-0.39, 0.29) is 17.8 Å². The Balaban J connectivity index is 0.00000139. The molecule has 1 aromatic rings. The number of halogens is 1. The van der Waals surface area contributed by atoms with E-state index in [4.69, 9.17) is 5.41 Å². The maximum Gasteiger partial charge on any atom is 0.254 e. The topological polar surface area (TPSA) is 114 Å². The largest absolute Gasteiger partial charge is 0.359 e. The van der Waals surface area contributed by atoms with Crippen LogP contribution >= 0.6 is 0 Å². The Hall–Kier alpha value is -3.33. The molecule has 3 amide bonds. The van der Waals surface area contributed by atoms with Crippen molar-refractivity contribution in [1.82, 2.24) is 10.6 Å². The van der Waals surface area contributed by atoms with Gasteiger partial charge in [-0.05, 0) is 45.3 Å². The van der Waals surface area contributed by atoms with Crippen LogP contribution in [0, 0.1) is 11.2 Å². The lowest BCUT2D eigenvalue weighted by atomic mass is 9.97. The lowest BCUT2D eigenvalue weighted by Gasteiger charge is -2.26. The van der Waals surface area contributed by atoms with Crippen LogP contribution in [0.1, 0.15) is 20.3 Å². The molecule has 1 rings (SSSR count). The summed E-state index contributed by atoms with van der Waals surface area (Å²) in [6.07, 6.45) is 4.29. The molecule has 0 spiro atoms. The second-order valence-electron chi connectivity index (χ2n) is 5.88. The highest BCUT2D eigenvalue weighted by Gasteiger charge is 2.30. The highest BCUT2D eigenvalue weighted by Crippen LogP contribution is 2.24. The van der Waals surface area contributed by atoms with Crippen LogP contribution in [0.2, 0.25) is 0 Å². The van der Waals surface area contributed by atoms with Crippen LogP contribution in [0.25, 0.3) is 0 Å². The Labute approximate surface area is 170 Å². The highest BCUT2D eigenvalue weighted by atomic mass is 19.1. The van der Waals surface area contributed by atoms with Gasteiger partial charge in [0.25, 0.3) is 5.91 Å². The number of amides is 3. The molecule has 0 heterocycles. The van der Waals surface area contributed by atoms with Crippen LogP contribution in [0.5, 0.6) is 0 Å². The molecule has 158 valence electrons. The number of anilines is 2. The molecule has 0 fully saturated rings. The van der Waals surface area contributed by atoms with E-state index < -0.39 is 23.2 Å². The standard InChI is InChI=1S/C17H21FN4O2.C3H7NO/c1-5-15(23)22(6-2)12-7-8-14(13(18)11-12)21-16(24)17(3,20-4)9-10-19;1-2-4-3-5/h5-8,10-11,19-20H,1-2,9H2,3-4H3,(H,21,24);3H,2H2,1H3,(H,4,5)/t17-;/m0./s1. The van der Waals surface area contributed by atoms with Crippen LogP contribution in [0.3, 0.4) is 0 Å². The van der Waals surface area contributed by atoms with Gasteiger partial charge in [0.1, 0.15) is 11.4 Å². The fraction of sp³-hybridized carbons (Fsp3) is 0.300. The minimum absolute atomic E-state index is 0.0229. The molecular formula is C20H28FN5O3. The summed E-state index contributed by atoms with van der Waals surface area (Å²) >= 11 is 0. The first-order valence-electron chi connectivity index (χ1n) is 8.78. The summed E-state index contributed by atoms with van der Waals surface area (Å²) in [6, 6.07) is 3.96. The number of nitrogens with one attached hydrogen (secondary N) is 4. The van der Waals surface area contributed by atoms with Gasteiger partial charge in [0.15, 0.2) is 0 Å². The van der Waals surface area contributed by atoms with Crippen molar-refractivity contribution in [2.75, 3.05) is 23.8 Å². The Morgan fingerprint density at radius 3 is 2.38 bits per heavy atom. The van der Waals surface area contributed by atoms with Gasteiger partial charge in [-0.3, -0.25) is 19.3 Å². The van der Waals surface area contributed by atoms with E-state index in [1.165, 1.54) is 18.3 Å². The normalized spacial score (nSPS) is 11.6. The van der Waals surface area contributed by atoms with Crippen molar-refractivity contribution in [2.24, 2.45) is 0 Å². The van der Waals surface area contributed by atoms with Crippen molar-refractivity contribution in [3.05, 3.63) is 49.5 Å². The first-order valence-corrected chi connectivity index (χ1v) is 8.78. The van der Waals surface area contributed by atoms with E-state index in [1.54, 1.807) is 14.0 Å². The maximum atomic E-state index is 14.3. The second-order valence-corrected chi connectivity index (χ2v) is 5.88. The van der Waals surface area contributed by atoms with Gasteiger partial charge in [-0.1, -0.05) is 13.2 Å². The van der Waals surface area contributed by atoms with Crippen molar-refractivity contribution in [2.45, 2.75) is 25.8 Å². The zero-order valence-corrected chi connectivity index (χ0v) is 16.9. The summed E-state index contributed by atoms with van der Waals surface area (Å²) in [5, 5.41) is 14.9. The minimum atomic E-state index is -1.03. The van der Waals surface area contributed by atoms with Gasteiger partial charge in [-0.25, -0.2) is 4.39 Å². The third-order valence-electron chi connectivity index (χ3n) is 3.92. The van der Waals surface area contributed by atoms with Crippen molar-refractivity contribution in [3.8, 4) is 0 Å². The van der Waals surface area contributed by atoms with Crippen LogP contribution in [-0.2, 0) is 14.4 Å². The molecule has 1 atom stereocenters. The first kappa shape index (κ1) is 25.7. The molecule has 1 aromatic carbocycles. The third-order valence-corrected chi connectivity index (χ3v) is 3.92. The van der Waals surface area contributed by atoms with Gasteiger partial charge >= 0.3 is 0 Å². The van der Waals surface area contributed by atoms with Crippen LogP contribution in [0.4, 0.5) is 15.8 Å². The van der Waals surface area contributed by atoms with Gasteiger partial charge in [-0.15, -0.1) is 0 Å². The molecule has 4 N–H and O–H groups in total. The molecule has 8 nitrogen and oxygen atoms in total. The molecule has 0 saturated carbocycles. The second kappa shape index (κ2) is 12.9. The highest BCUT2D eigenvalue weighted by molar-refractivity contribution is 6.03. The van der Waals surface area contributed by atoms with Crippen LogP contribution in [-0.4, -0.2) is 43.6 Å². The summed E-state index contributed by atoms with van der Waals surface area (Å²) in [7, 11) is 1.59. The summed E-state index contributed by atoms with van der Waals surface area (Å²) in [6.45, 7) is 11.1. The number of carbonyl (C=O) groups excluding carboxylic acids is 3. The number of nitrogens with zero attached hydrogens (tertiary/aromatic N) is 1. The summed E-state index contributed by atoms with van der Waals surface area (Å²) < 4.78 is 14.3. The first-order chi connectivity index (χ1) is 13.7. The molecule has 0 aliphatic carbocycles. The van der Waals surface area contributed by atoms with E-state index in [1.807, 2.05) is 6.92 Å². The predicted octanol–water partition coefficient (Wildman–Crippen LogP) is 2.20. The fourth-order valence-electron chi connectivity index (χ4n) is 2.03. The molecule has 0 radical (unpaired) electrons. The summed E-state index contributed by atoms with van der Waals surface area (Å²) in [5.41, 5.74) is -0.787. The zero-order valence-electron chi connectivity index (χ0n) is 16.9. The van der Waals surface area contributed by atoms with E-state index in [0.717, 1.165) is 29.8 Å². The van der Waals surface area contributed by atoms with Gasteiger partial charge in [0, 0.05) is 25.2 Å². The lowest BCUT2D eigenvalue weighted by molar-refractivity contribution is -0.121. The van der Waals surface area contributed by atoms with Crippen LogP contribution < -0.4 is 20.9 Å². The maximum absolute atomic E-state index is 14.3. The van der Waals surface area contributed by atoms with Crippen molar-refractivity contribution in [1.29, 1.82) is 5.41 Å².